The van der Waals surface area contributed by atoms with Crippen molar-refractivity contribution in [2.24, 2.45) is 0 Å². The molecular formula is C14H16N4O2. The molecular weight excluding hydrogens is 256 g/mol. The molecule has 0 unspecified atom stereocenters. The van der Waals surface area contributed by atoms with Crippen LogP contribution in [-0.4, -0.2) is 28.8 Å². The maximum Gasteiger partial charge on any atom is 0.253 e. The average molecular weight is 272 g/mol. The molecule has 104 valence electrons. The lowest BCUT2D eigenvalue weighted by molar-refractivity contribution is -0.116. The number of nitrogens with zero attached hydrogens (tertiary/aromatic N) is 2. The lowest BCUT2D eigenvalue weighted by Gasteiger charge is -2.18. The van der Waals surface area contributed by atoms with Crippen LogP contribution in [0.5, 0.6) is 0 Å². The van der Waals surface area contributed by atoms with E-state index in [1.807, 2.05) is 0 Å². The van der Waals surface area contributed by atoms with E-state index in [0.29, 0.717) is 23.6 Å². The number of carbonyl (C=O) groups is 2. The zero-order chi connectivity index (χ0) is 14.5. The molecule has 0 saturated heterocycles. The summed E-state index contributed by atoms with van der Waals surface area (Å²) in [5.41, 5.74) is 1.04. The van der Waals surface area contributed by atoms with Crippen LogP contribution >= 0.6 is 0 Å². The fourth-order valence-corrected chi connectivity index (χ4v) is 1.78. The second-order valence-electron chi connectivity index (χ2n) is 4.31. The second-order valence-corrected chi connectivity index (χ2v) is 4.31. The van der Waals surface area contributed by atoms with Crippen LogP contribution in [0, 0.1) is 0 Å². The molecule has 0 saturated carbocycles. The standard InChI is InChI=1S/C14H16N4O2/c1-10(19)18(2)12-6-4-3-5-11(12)14(20)17-9-13-15-7-8-16-13/h3-8H,9H2,1-2H3,(H,15,16)(H,17,20). The van der Waals surface area contributed by atoms with Gasteiger partial charge in [-0.25, -0.2) is 4.98 Å². The van der Waals surface area contributed by atoms with Gasteiger partial charge in [-0.2, -0.15) is 0 Å². The van der Waals surface area contributed by atoms with Gasteiger partial charge in [0.25, 0.3) is 5.91 Å². The number of para-hydroxylation sites is 1. The number of H-pyrrole nitrogens is 1. The first-order chi connectivity index (χ1) is 9.59. The van der Waals surface area contributed by atoms with Crippen LogP contribution in [-0.2, 0) is 11.3 Å². The van der Waals surface area contributed by atoms with Gasteiger partial charge >= 0.3 is 0 Å². The number of rotatable bonds is 4. The highest BCUT2D eigenvalue weighted by molar-refractivity contribution is 6.04. The van der Waals surface area contributed by atoms with Crippen molar-refractivity contribution < 1.29 is 9.59 Å². The Morgan fingerprint density at radius 3 is 2.75 bits per heavy atom. The van der Waals surface area contributed by atoms with Crippen molar-refractivity contribution >= 4 is 17.5 Å². The van der Waals surface area contributed by atoms with Crippen LogP contribution in [0.4, 0.5) is 5.69 Å². The molecule has 0 aliphatic heterocycles. The Labute approximate surface area is 116 Å². The maximum absolute atomic E-state index is 12.2. The van der Waals surface area contributed by atoms with Gasteiger partial charge in [0.15, 0.2) is 0 Å². The molecule has 0 radical (unpaired) electrons. The number of imidazole rings is 1. The Hall–Kier alpha value is -2.63. The predicted molar refractivity (Wildman–Crippen MR) is 75.3 cm³/mol. The Kier molecular flexibility index (Phi) is 4.14. The van der Waals surface area contributed by atoms with Gasteiger partial charge in [0, 0.05) is 26.4 Å². The molecule has 2 rings (SSSR count). The zero-order valence-electron chi connectivity index (χ0n) is 11.4. The van der Waals surface area contributed by atoms with E-state index in [2.05, 4.69) is 15.3 Å². The molecule has 20 heavy (non-hydrogen) atoms. The summed E-state index contributed by atoms with van der Waals surface area (Å²) in [6, 6.07) is 6.98. The monoisotopic (exact) mass is 272 g/mol. The molecule has 6 nitrogen and oxygen atoms in total. The highest BCUT2D eigenvalue weighted by Gasteiger charge is 2.15. The van der Waals surface area contributed by atoms with Crippen LogP contribution in [0.3, 0.4) is 0 Å². The number of hydrogen-bond donors (Lipinski definition) is 2. The Morgan fingerprint density at radius 2 is 2.10 bits per heavy atom. The van der Waals surface area contributed by atoms with Gasteiger partial charge in [-0.15, -0.1) is 0 Å². The number of anilines is 1. The summed E-state index contributed by atoms with van der Waals surface area (Å²) in [5, 5.41) is 2.76. The summed E-state index contributed by atoms with van der Waals surface area (Å²) in [5.74, 6) is 0.303. The minimum absolute atomic E-state index is 0.128. The molecule has 1 aromatic heterocycles. The number of benzene rings is 1. The summed E-state index contributed by atoms with van der Waals surface area (Å²) in [6.07, 6.45) is 3.32. The minimum atomic E-state index is -0.245. The molecule has 6 heteroatoms. The number of hydrogen-bond acceptors (Lipinski definition) is 3. The van der Waals surface area contributed by atoms with Gasteiger partial charge in [-0.1, -0.05) is 12.1 Å². The molecule has 0 aliphatic rings. The normalized spacial score (nSPS) is 10.1. The lowest BCUT2D eigenvalue weighted by atomic mass is 10.1. The maximum atomic E-state index is 12.2. The third-order valence-electron chi connectivity index (χ3n) is 2.95. The van der Waals surface area contributed by atoms with Gasteiger partial charge in [0.05, 0.1) is 17.8 Å². The first-order valence-corrected chi connectivity index (χ1v) is 6.19. The SMILES string of the molecule is CC(=O)N(C)c1ccccc1C(=O)NCc1ncc[nH]1. The Balaban J connectivity index is 2.15. The third kappa shape index (κ3) is 3.03. The van der Waals surface area contributed by atoms with Gasteiger partial charge in [-0.3, -0.25) is 9.59 Å². The van der Waals surface area contributed by atoms with Crippen molar-refractivity contribution in [2.45, 2.75) is 13.5 Å². The van der Waals surface area contributed by atoms with Crippen molar-refractivity contribution in [1.29, 1.82) is 0 Å². The third-order valence-corrected chi connectivity index (χ3v) is 2.95. The summed E-state index contributed by atoms with van der Waals surface area (Å²) >= 11 is 0. The van der Waals surface area contributed by atoms with Crippen molar-refractivity contribution in [3.05, 3.63) is 48.0 Å². The predicted octanol–water partition coefficient (Wildman–Crippen LogP) is 1.32. The zero-order valence-corrected chi connectivity index (χ0v) is 11.4. The Bertz CT molecular complexity index is 607. The molecule has 2 amide bonds. The number of amides is 2. The van der Waals surface area contributed by atoms with E-state index in [0.717, 1.165) is 0 Å². The molecule has 0 bridgehead atoms. The van der Waals surface area contributed by atoms with Crippen molar-refractivity contribution in [2.75, 3.05) is 11.9 Å². The average Bonchev–Trinajstić information content (AvgIpc) is 2.97. The largest absolute Gasteiger partial charge is 0.347 e. The highest BCUT2D eigenvalue weighted by atomic mass is 16.2. The molecule has 2 aromatic rings. The number of aromatic nitrogens is 2. The first-order valence-electron chi connectivity index (χ1n) is 6.19. The fourth-order valence-electron chi connectivity index (χ4n) is 1.78. The molecule has 0 aliphatic carbocycles. The number of nitrogens with one attached hydrogen (secondary N) is 2. The second kappa shape index (κ2) is 6.01. The summed E-state index contributed by atoms with van der Waals surface area (Å²) in [4.78, 5) is 32.0. The van der Waals surface area contributed by atoms with E-state index in [9.17, 15) is 9.59 Å². The summed E-state index contributed by atoms with van der Waals surface area (Å²) in [7, 11) is 1.64. The van der Waals surface area contributed by atoms with E-state index >= 15 is 0 Å². The fraction of sp³-hybridized carbons (Fsp3) is 0.214. The van der Waals surface area contributed by atoms with E-state index < -0.39 is 0 Å². The van der Waals surface area contributed by atoms with Crippen molar-refractivity contribution in [1.82, 2.24) is 15.3 Å². The molecule has 0 atom stereocenters. The lowest BCUT2D eigenvalue weighted by Crippen LogP contribution is -2.29. The minimum Gasteiger partial charge on any atom is -0.347 e. The molecule has 0 fully saturated rings. The van der Waals surface area contributed by atoms with Crippen LogP contribution in [0.1, 0.15) is 23.1 Å². The number of aromatic amines is 1. The van der Waals surface area contributed by atoms with E-state index in [1.165, 1.54) is 11.8 Å². The topological polar surface area (TPSA) is 78.1 Å². The summed E-state index contributed by atoms with van der Waals surface area (Å²) < 4.78 is 0. The van der Waals surface area contributed by atoms with Crippen molar-refractivity contribution in [3.63, 3.8) is 0 Å². The molecule has 2 N–H and O–H groups in total. The number of carbonyl (C=O) groups excluding carboxylic acids is 2. The molecule has 1 aromatic carbocycles. The summed E-state index contributed by atoms with van der Waals surface area (Å²) in [6.45, 7) is 1.77. The van der Waals surface area contributed by atoms with Crippen molar-refractivity contribution in [3.8, 4) is 0 Å². The van der Waals surface area contributed by atoms with Gasteiger partial charge in [-0.05, 0) is 12.1 Å². The van der Waals surface area contributed by atoms with Gasteiger partial charge < -0.3 is 15.2 Å². The van der Waals surface area contributed by atoms with Crippen LogP contribution in [0.2, 0.25) is 0 Å². The van der Waals surface area contributed by atoms with E-state index in [4.69, 9.17) is 0 Å². The quantitative estimate of drug-likeness (QED) is 0.881. The Morgan fingerprint density at radius 1 is 1.35 bits per heavy atom. The highest BCUT2D eigenvalue weighted by Crippen LogP contribution is 2.19. The molecule has 0 spiro atoms. The van der Waals surface area contributed by atoms with E-state index in [-0.39, 0.29) is 11.8 Å². The van der Waals surface area contributed by atoms with E-state index in [1.54, 1.807) is 43.7 Å². The first kappa shape index (κ1) is 13.8. The smallest absolute Gasteiger partial charge is 0.253 e. The van der Waals surface area contributed by atoms with Gasteiger partial charge in [0.2, 0.25) is 5.91 Å². The van der Waals surface area contributed by atoms with Crippen LogP contribution < -0.4 is 10.2 Å². The molecule has 1 heterocycles. The van der Waals surface area contributed by atoms with Crippen LogP contribution in [0.25, 0.3) is 0 Å². The van der Waals surface area contributed by atoms with Gasteiger partial charge in [0.1, 0.15) is 5.82 Å². The van der Waals surface area contributed by atoms with Crippen LogP contribution in [0.15, 0.2) is 36.7 Å².